The second-order valence-corrected chi connectivity index (χ2v) is 4.47. The Hall–Kier alpha value is -1.57. The van der Waals surface area contributed by atoms with Crippen LogP contribution in [0, 0.1) is 0 Å². The minimum Gasteiger partial charge on any atom is -0.481 e. The Morgan fingerprint density at radius 3 is 2.22 bits per heavy atom. The minimum atomic E-state index is -1.23. The van der Waals surface area contributed by atoms with Crippen LogP contribution in [-0.4, -0.2) is 45.0 Å². The molecule has 0 aliphatic heterocycles. The lowest BCUT2D eigenvalue weighted by atomic mass is 10.3. The highest BCUT2D eigenvalue weighted by molar-refractivity contribution is 8.13. The largest absolute Gasteiger partial charge is 0.481 e. The van der Waals surface area contributed by atoms with Crippen LogP contribution in [0.4, 0.5) is 0 Å². The zero-order chi connectivity index (χ0) is 14.1. The summed E-state index contributed by atoms with van der Waals surface area (Å²) >= 11 is 0.710. The number of carboxylic acids is 2. The zero-order valence-electron chi connectivity index (χ0n) is 9.84. The van der Waals surface area contributed by atoms with E-state index in [-0.39, 0.29) is 25.0 Å². The number of carbonyl (C=O) groups is 4. The third-order valence-electron chi connectivity index (χ3n) is 1.91. The van der Waals surface area contributed by atoms with Gasteiger partial charge in [0.1, 0.15) is 6.04 Å². The number of hydrogen-bond donors (Lipinski definition) is 3. The molecule has 0 bridgehead atoms. The van der Waals surface area contributed by atoms with E-state index < -0.39 is 29.0 Å². The van der Waals surface area contributed by atoms with Crippen LogP contribution >= 0.6 is 11.8 Å². The summed E-state index contributed by atoms with van der Waals surface area (Å²) in [5.74, 6) is -2.84. The lowest BCUT2D eigenvalue weighted by Crippen LogP contribution is -2.42. The first-order valence-corrected chi connectivity index (χ1v) is 6.25. The van der Waals surface area contributed by atoms with E-state index in [1.54, 1.807) is 6.92 Å². The quantitative estimate of drug-likeness (QED) is 0.575. The van der Waals surface area contributed by atoms with Crippen LogP contribution in [0.15, 0.2) is 0 Å². The summed E-state index contributed by atoms with van der Waals surface area (Å²) in [6.07, 6.45) is -0.291. The van der Waals surface area contributed by atoms with Crippen molar-refractivity contribution in [2.75, 3.05) is 5.75 Å². The maximum absolute atomic E-state index is 11.2. The highest BCUT2D eigenvalue weighted by Gasteiger charge is 2.20. The molecule has 7 nitrogen and oxygen atoms in total. The Kier molecular flexibility index (Phi) is 7.77. The highest BCUT2D eigenvalue weighted by atomic mass is 32.2. The van der Waals surface area contributed by atoms with Crippen molar-refractivity contribution in [2.45, 2.75) is 32.2 Å². The summed E-state index contributed by atoms with van der Waals surface area (Å²) in [4.78, 5) is 43.3. The lowest BCUT2D eigenvalue weighted by Gasteiger charge is -2.12. The average Bonchev–Trinajstić information content (AvgIpc) is 2.30. The van der Waals surface area contributed by atoms with Gasteiger partial charge < -0.3 is 15.5 Å². The van der Waals surface area contributed by atoms with Gasteiger partial charge in [0.25, 0.3) is 0 Å². The number of carboxylic acid groups (broad SMARTS) is 2. The minimum absolute atomic E-state index is 0.112. The van der Waals surface area contributed by atoms with Crippen molar-refractivity contribution in [2.24, 2.45) is 0 Å². The first-order valence-electron chi connectivity index (χ1n) is 5.26. The second kappa shape index (κ2) is 8.51. The first kappa shape index (κ1) is 16.4. The van der Waals surface area contributed by atoms with E-state index in [0.717, 1.165) is 0 Å². The lowest BCUT2D eigenvalue weighted by molar-refractivity contribution is -0.141. The van der Waals surface area contributed by atoms with Gasteiger partial charge in [0, 0.05) is 18.6 Å². The summed E-state index contributed by atoms with van der Waals surface area (Å²) in [6.45, 7) is 1.58. The highest BCUT2D eigenvalue weighted by Crippen LogP contribution is 2.09. The molecule has 1 atom stereocenters. The van der Waals surface area contributed by atoms with Crippen LogP contribution in [0.2, 0.25) is 0 Å². The fourth-order valence-electron chi connectivity index (χ4n) is 0.929. The second-order valence-electron chi connectivity index (χ2n) is 3.39. The molecule has 0 aromatic rings. The maximum Gasteiger partial charge on any atom is 0.327 e. The van der Waals surface area contributed by atoms with Crippen molar-refractivity contribution in [1.29, 1.82) is 0 Å². The van der Waals surface area contributed by atoms with Gasteiger partial charge in [0.05, 0.1) is 6.42 Å². The summed E-state index contributed by atoms with van der Waals surface area (Å²) in [7, 11) is 0. The van der Waals surface area contributed by atoms with Crippen molar-refractivity contribution in [1.82, 2.24) is 5.32 Å². The van der Waals surface area contributed by atoms with Gasteiger partial charge in [0.15, 0.2) is 5.12 Å². The first-order chi connectivity index (χ1) is 8.36. The standard InChI is InChI=1S/C10H15NO6S/c1-2-7(12)11-6(10(16)17)5-18-9(15)4-3-8(13)14/h6H,2-5H2,1H3,(H,11,12)(H,13,14)(H,16,17). The molecule has 0 spiro atoms. The van der Waals surface area contributed by atoms with Gasteiger partial charge in [-0.15, -0.1) is 0 Å². The zero-order valence-corrected chi connectivity index (χ0v) is 10.7. The number of amides is 1. The molecule has 0 saturated heterocycles. The van der Waals surface area contributed by atoms with Crippen LogP contribution in [0.5, 0.6) is 0 Å². The molecule has 8 heteroatoms. The maximum atomic E-state index is 11.2. The molecule has 0 radical (unpaired) electrons. The van der Waals surface area contributed by atoms with Crippen LogP contribution in [0.1, 0.15) is 26.2 Å². The fraction of sp³-hybridized carbons (Fsp3) is 0.600. The molecule has 0 fully saturated rings. The van der Waals surface area contributed by atoms with Crippen LogP contribution in [0.3, 0.4) is 0 Å². The Labute approximate surface area is 108 Å². The Morgan fingerprint density at radius 2 is 1.78 bits per heavy atom. The SMILES string of the molecule is CCC(=O)NC(CSC(=O)CCC(=O)O)C(=O)O. The van der Waals surface area contributed by atoms with Crippen LogP contribution in [-0.2, 0) is 19.2 Å². The average molecular weight is 277 g/mol. The van der Waals surface area contributed by atoms with Gasteiger partial charge >= 0.3 is 11.9 Å². The molecule has 0 aliphatic rings. The van der Waals surface area contributed by atoms with Crippen molar-refractivity contribution in [3.05, 3.63) is 0 Å². The molecular weight excluding hydrogens is 262 g/mol. The molecule has 0 heterocycles. The molecule has 0 aromatic carbocycles. The normalized spacial score (nSPS) is 11.6. The van der Waals surface area contributed by atoms with Gasteiger partial charge in [-0.1, -0.05) is 18.7 Å². The molecular formula is C10H15NO6S. The summed E-state index contributed by atoms with van der Waals surface area (Å²) < 4.78 is 0. The van der Waals surface area contributed by atoms with E-state index in [9.17, 15) is 19.2 Å². The Bertz CT molecular complexity index is 343. The predicted octanol–water partition coefficient (Wildman–Crippen LogP) is 0.0904. The third-order valence-corrected chi connectivity index (χ3v) is 2.93. The molecule has 0 rings (SSSR count). The van der Waals surface area contributed by atoms with E-state index in [4.69, 9.17) is 10.2 Å². The smallest absolute Gasteiger partial charge is 0.327 e. The number of carbonyl (C=O) groups excluding carboxylic acids is 2. The number of nitrogens with one attached hydrogen (secondary N) is 1. The van der Waals surface area contributed by atoms with Gasteiger partial charge in [-0.3, -0.25) is 14.4 Å². The summed E-state index contributed by atoms with van der Waals surface area (Å²) in [5, 5.41) is 19.0. The topological polar surface area (TPSA) is 121 Å². The van der Waals surface area contributed by atoms with Crippen molar-refractivity contribution in [3.63, 3.8) is 0 Å². The third kappa shape index (κ3) is 7.66. The van der Waals surface area contributed by atoms with E-state index in [2.05, 4.69) is 5.32 Å². The predicted molar refractivity (Wildman–Crippen MR) is 64.2 cm³/mol. The van der Waals surface area contributed by atoms with Crippen molar-refractivity contribution in [3.8, 4) is 0 Å². The Balaban J connectivity index is 4.11. The van der Waals surface area contributed by atoms with Crippen LogP contribution in [0.25, 0.3) is 0 Å². The monoisotopic (exact) mass is 277 g/mol. The van der Waals surface area contributed by atoms with Gasteiger partial charge in [-0.25, -0.2) is 4.79 Å². The van der Waals surface area contributed by atoms with Gasteiger partial charge in [0.2, 0.25) is 5.91 Å². The van der Waals surface area contributed by atoms with Crippen molar-refractivity contribution < 1.29 is 29.4 Å². The molecule has 0 aromatic heterocycles. The van der Waals surface area contributed by atoms with E-state index in [0.29, 0.717) is 11.8 Å². The van der Waals surface area contributed by atoms with Gasteiger partial charge in [-0.2, -0.15) is 0 Å². The molecule has 0 saturated carbocycles. The fourth-order valence-corrected chi connectivity index (χ4v) is 1.75. The number of aliphatic carboxylic acids is 2. The summed E-state index contributed by atoms with van der Waals surface area (Å²) in [6, 6.07) is -1.14. The number of hydrogen-bond acceptors (Lipinski definition) is 5. The molecule has 18 heavy (non-hydrogen) atoms. The van der Waals surface area contributed by atoms with E-state index in [1.165, 1.54) is 0 Å². The molecule has 102 valence electrons. The Morgan fingerprint density at radius 1 is 1.17 bits per heavy atom. The molecule has 1 amide bonds. The number of thioether (sulfide) groups is 1. The molecule has 3 N–H and O–H groups in total. The number of rotatable bonds is 8. The van der Waals surface area contributed by atoms with Gasteiger partial charge in [-0.05, 0) is 0 Å². The summed E-state index contributed by atoms with van der Waals surface area (Å²) in [5.41, 5.74) is 0. The molecule has 1 unspecified atom stereocenters. The van der Waals surface area contributed by atoms with Crippen LogP contribution < -0.4 is 5.32 Å². The van der Waals surface area contributed by atoms with Crippen molar-refractivity contribution >= 4 is 34.7 Å². The van der Waals surface area contributed by atoms with E-state index in [1.807, 2.05) is 0 Å². The molecule has 0 aliphatic carbocycles. The van der Waals surface area contributed by atoms with E-state index >= 15 is 0 Å².